The third kappa shape index (κ3) is 29.7. The monoisotopic (exact) mass is 1180 g/mol. The fraction of sp³-hybridized carbons (Fsp3) is 0.839. The zero-order chi connectivity index (χ0) is 58.6. The summed E-state index contributed by atoms with van der Waals surface area (Å²) in [6.07, 6.45) is 34.0. The molecule has 8 atom stereocenters. The van der Waals surface area contributed by atoms with E-state index in [2.05, 4.69) is 39.2 Å². The number of azide groups is 1. The SMILES string of the molecule is CCCCCCCCCCCCCCCCCCOC(COP(=O)(O)OCC1CCC(n2ccc(NC(=O)CCCCCCCCCCCCCCC)nc2=O)O1)COP(=O)(O)OCC1OC(n2cc(C)c(=O)[nH]c2=O)CC1N=[N+]=[N-]. The molecule has 23 nitrogen and oxygen atoms in total. The van der Waals surface area contributed by atoms with Gasteiger partial charge < -0.3 is 29.3 Å². The van der Waals surface area contributed by atoms with Crippen molar-refractivity contribution in [3.8, 4) is 0 Å². The van der Waals surface area contributed by atoms with E-state index < -0.39 is 89.2 Å². The summed E-state index contributed by atoms with van der Waals surface area (Å²) >= 11 is 0. The molecule has 4 N–H and O–H groups in total. The van der Waals surface area contributed by atoms with Gasteiger partial charge in [0.1, 0.15) is 24.4 Å². The highest BCUT2D eigenvalue weighted by Crippen LogP contribution is 2.47. The molecule has 0 aromatic carbocycles. The Labute approximate surface area is 479 Å². The number of hydrogen-bond acceptors (Lipinski definition) is 15. The topological polar surface area (TPSA) is 307 Å². The summed E-state index contributed by atoms with van der Waals surface area (Å²) in [5.74, 6) is -0.0632. The number of hydrogen-bond donors (Lipinski definition) is 4. The van der Waals surface area contributed by atoms with Gasteiger partial charge in [-0.05, 0) is 44.2 Å². The van der Waals surface area contributed by atoms with E-state index in [4.69, 9.17) is 32.3 Å². The number of anilines is 1. The standard InChI is InChI=1S/C56H98N8O15P2/c1-4-6-8-10-12-14-16-18-19-20-22-24-26-28-30-32-38-73-47(43-76-81(71,72)77-44-49-48(61-62-57)39-53(79-49)64-40-45(3)54(66)60-56(64)68)42-75-80(69,70)74-41-46-34-35-52(78-46)63-37-36-50(59-55(63)67)58-51(65)33-31-29-27-25-23-21-17-15-13-11-9-7-5-2/h36-37,40,46-49,52-53H,4-35,38-39,41-44H2,1-3H3,(H,69,70)(H,71,72)(H,60,66,68)(H,58,59,65,67). The number of nitrogens with one attached hydrogen (secondary N) is 2. The summed E-state index contributed by atoms with van der Waals surface area (Å²) in [7, 11) is -9.65. The van der Waals surface area contributed by atoms with E-state index in [-0.39, 0.29) is 36.9 Å². The molecular formula is C56H98N8O15P2. The van der Waals surface area contributed by atoms with E-state index in [0.29, 0.717) is 25.7 Å². The van der Waals surface area contributed by atoms with E-state index in [1.807, 2.05) is 0 Å². The molecule has 0 saturated carbocycles. The molecule has 2 aliphatic heterocycles. The van der Waals surface area contributed by atoms with Crippen LogP contribution in [-0.2, 0) is 46.2 Å². The lowest BCUT2D eigenvalue weighted by Gasteiger charge is -2.22. The molecule has 4 heterocycles. The van der Waals surface area contributed by atoms with Gasteiger partial charge in [0, 0.05) is 42.3 Å². The number of aryl methyl sites for hydroxylation is 1. The average Bonchev–Trinajstić information content (AvgIpc) is 4.18. The molecule has 2 aromatic rings. The number of phosphoric ester groups is 2. The van der Waals surface area contributed by atoms with Crippen LogP contribution in [0.1, 0.15) is 244 Å². The highest BCUT2D eigenvalue weighted by Gasteiger charge is 2.39. The smallest absolute Gasteiger partial charge is 0.373 e. The first-order valence-corrected chi connectivity index (χ1v) is 33.5. The zero-order valence-corrected chi connectivity index (χ0v) is 50.6. The summed E-state index contributed by atoms with van der Waals surface area (Å²) < 4.78 is 67.8. The Kier molecular flexibility index (Phi) is 35.1. The van der Waals surface area contributed by atoms with Crippen LogP contribution in [0.25, 0.3) is 10.4 Å². The normalized spacial score (nSPS) is 20.0. The van der Waals surface area contributed by atoms with Crippen molar-refractivity contribution in [1.29, 1.82) is 0 Å². The Morgan fingerprint density at radius 2 is 1.23 bits per heavy atom. The van der Waals surface area contributed by atoms with Crippen molar-refractivity contribution in [2.45, 2.75) is 269 Å². The Morgan fingerprint density at radius 1 is 0.728 bits per heavy atom. The van der Waals surface area contributed by atoms with Gasteiger partial charge in [-0.2, -0.15) is 4.98 Å². The Morgan fingerprint density at radius 3 is 1.75 bits per heavy atom. The quantitative estimate of drug-likeness (QED) is 0.0157. The second-order valence-electron chi connectivity index (χ2n) is 21.9. The number of ether oxygens (including phenoxy) is 3. The summed E-state index contributed by atoms with van der Waals surface area (Å²) in [4.78, 5) is 80.6. The number of aromatic amines is 1. The van der Waals surface area contributed by atoms with Gasteiger partial charge in [-0.25, -0.2) is 18.7 Å². The highest BCUT2D eigenvalue weighted by molar-refractivity contribution is 7.47. The van der Waals surface area contributed by atoms with E-state index in [1.165, 1.54) is 165 Å². The number of phosphoric acid groups is 2. The third-order valence-electron chi connectivity index (χ3n) is 14.9. The number of amides is 1. The number of rotatable bonds is 48. The largest absolute Gasteiger partial charge is 0.472 e. The van der Waals surface area contributed by atoms with Crippen LogP contribution < -0.4 is 22.3 Å². The zero-order valence-electron chi connectivity index (χ0n) is 48.8. The molecule has 25 heteroatoms. The van der Waals surface area contributed by atoms with Crippen molar-refractivity contribution in [1.82, 2.24) is 19.1 Å². The first-order valence-electron chi connectivity index (χ1n) is 30.5. The van der Waals surface area contributed by atoms with Crippen molar-refractivity contribution < 1.29 is 56.0 Å². The number of carbonyl (C=O) groups is 1. The maximum absolute atomic E-state index is 13.2. The van der Waals surface area contributed by atoms with Crippen molar-refractivity contribution in [2.75, 3.05) is 38.4 Å². The van der Waals surface area contributed by atoms with E-state index in [1.54, 1.807) is 0 Å². The van der Waals surface area contributed by atoms with Gasteiger partial charge in [0.2, 0.25) is 5.91 Å². The van der Waals surface area contributed by atoms with Gasteiger partial charge in [-0.1, -0.05) is 192 Å². The van der Waals surface area contributed by atoms with Crippen LogP contribution in [0.4, 0.5) is 5.82 Å². The molecule has 0 aliphatic carbocycles. The highest BCUT2D eigenvalue weighted by atomic mass is 31.2. The first kappa shape index (κ1) is 69.9. The molecule has 0 spiro atoms. The fourth-order valence-electron chi connectivity index (χ4n) is 10.1. The van der Waals surface area contributed by atoms with Crippen LogP contribution in [-0.4, -0.2) is 92.2 Å². The van der Waals surface area contributed by atoms with E-state index in [0.717, 1.165) is 49.5 Å². The molecule has 2 saturated heterocycles. The Bertz CT molecular complexity index is 2400. The molecule has 0 bridgehead atoms. The fourth-order valence-corrected chi connectivity index (χ4v) is 11.6. The molecule has 2 fully saturated rings. The minimum atomic E-state index is -4.88. The van der Waals surface area contributed by atoms with Crippen LogP contribution in [0.3, 0.4) is 0 Å². The molecule has 2 aromatic heterocycles. The predicted molar refractivity (Wildman–Crippen MR) is 311 cm³/mol. The molecule has 462 valence electrons. The van der Waals surface area contributed by atoms with Gasteiger partial charge in [0.05, 0.1) is 44.7 Å². The van der Waals surface area contributed by atoms with Crippen LogP contribution in [0.2, 0.25) is 0 Å². The lowest BCUT2D eigenvalue weighted by Crippen LogP contribution is -2.33. The van der Waals surface area contributed by atoms with Crippen LogP contribution >= 0.6 is 15.6 Å². The van der Waals surface area contributed by atoms with Crippen molar-refractivity contribution in [3.63, 3.8) is 0 Å². The number of nitrogens with zero attached hydrogens (tertiary/aromatic N) is 6. The lowest BCUT2D eigenvalue weighted by molar-refractivity contribution is -0.116. The molecule has 4 rings (SSSR count). The van der Waals surface area contributed by atoms with Crippen LogP contribution in [0, 0.1) is 6.92 Å². The maximum Gasteiger partial charge on any atom is 0.472 e. The Balaban J connectivity index is 1.19. The number of unbranched alkanes of at least 4 members (excludes halogenated alkanes) is 27. The molecular weight excluding hydrogens is 1090 g/mol. The van der Waals surface area contributed by atoms with Crippen molar-refractivity contribution >= 4 is 27.4 Å². The van der Waals surface area contributed by atoms with Gasteiger partial charge in [0.25, 0.3) is 5.56 Å². The minimum absolute atomic E-state index is 0.00363. The van der Waals surface area contributed by atoms with Gasteiger partial charge in [-0.3, -0.25) is 41.8 Å². The number of H-pyrrole nitrogens is 1. The van der Waals surface area contributed by atoms with Crippen molar-refractivity contribution in [3.05, 3.63) is 65.8 Å². The average molecular weight is 1190 g/mol. The van der Waals surface area contributed by atoms with E-state index >= 15 is 0 Å². The second-order valence-corrected chi connectivity index (χ2v) is 24.8. The minimum Gasteiger partial charge on any atom is -0.373 e. The van der Waals surface area contributed by atoms with E-state index in [9.17, 15) is 43.6 Å². The van der Waals surface area contributed by atoms with Crippen LogP contribution in [0.15, 0.2) is 38.0 Å². The second kappa shape index (κ2) is 40.7. The number of aromatic nitrogens is 4. The third-order valence-corrected chi connectivity index (χ3v) is 16.8. The number of carbonyl (C=O) groups excluding carboxylic acids is 1. The van der Waals surface area contributed by atoms with Crippen LogP contribution in [0.5, 0.6) is 0 Å². The van der Waals surface area contributed by atoms with Gasteiger partial charge in [-0.15, -0.1) is 0 Å². The molecule has 8 unspecified atom stereocenters. The van der Waals surface area contributed by atoms with Gasteiger partial charge in [0.15, 0.2) is 0 Å². The first-order chi connectivity index (χ1) is 39.1. The molecule has 81 heavy (non-hydrogen) atoms. The summed E-state index contributed by atoms with van der Waals surface area (Å²) in [5, 5.41) is 6.42. The predicted octanol–water partition coefficient (Wildman–Crippen LogP) is 13.1. The van der Waals surface area contributed by atoms with Gasteiger partial charge >= 0.3 is 27.0 Å². The molecule has 0 radical (unpaired) electrons. The summed E-state index contributed by atoms with van der Waals surface area (Å²) in [6.45, 7) is 4.02. The molecule has 1 amide bonds. The maximum atomic E-state index is 13.2. The summed E-state index contributed by atoms with van der Waals surface area (Å²) in [5.41, 5.74) is 7.46. The molecule has 2 aliphatic rings. The summed E-state index contributed by atoms with van der Waals surface area (Å²) in [6, 6.07) is 0.609. The Hall–Kier alpha value is -3.56. The lowest BCUT2D eigenvalue weighted by atomic mass is 10.0. The van der Waals surface area contributed by atoms with Crippen molar-refractivity contribution in [2.24, 2.45) is 5.11 Å².